The van der Waals surface area contributed by atoms with Crippen LogP contribution in [0.25, 0.3) is 0 Å². The zero-order chi connectivity index (χ0) is 12.6. The maximum Gasteiger partial charge on any atom is 0.342 e. The summed E-state index contributed by atoms with van der Waals surface area (Å²) in [5, 5.41) is 7.57. The van der Waals surface area contributed by atoms with Crippen molar-refractivity contribution in [3.63, 3.8) is 0 Å². The Bertz CT molecular complexity index is 263. The van der Waals surface area contributed by atoms with Crippen molar-refractivity contribution in [1.29, 1.82) is 5.26 Å². The Morgan fingerprint density at radius 1 is 1.50 bits per heavy atom. The third-order valence-corrected chi connectivity index (χ3v) is 2.72. The highest BCUT2D eigenvalue weighted by Crippen LogP contribution is 2.30. The van der Waals surface area contributed by atoms with Crippen LogP contribution in [0.3, 0.4) is 0 Å². The van der Waals surface area contributed by atoms with Crippen molar-refractivity contribution in [1.82, 2.24) is 0 Å². The van der Waals surface area contributed by atoms with Crippen molar-refractivity contribution in [3.05, 3.63) is 0 Å². The van der Waals surface area contributed by atoms with E-state index in [9.17, 15) is 4.79 Å². The van der Waals surface area contributed by atoms with Gasteiger partial charge in [-0.1, -0.05) is 43.0 Å². The van der Waals surface area contributed by atoms with Gasteiger partial charge in [0.1, 0.15) is 5.38 Å². The Labute approximate surface area is 111 Å². The lowest BCUT2D eigenvalue weighted by Crippen LogP contribution is -2.31. The summed E-state index contributed by atoms with van der Waals surface area (Å²) in [7, 11) is 0. The molecule has 0 saturated carbocycles. The van der Waals surface area contributed by atoms with Crippen LogP contribution in [0, 0.1) is 11.3 Å². The van der Waals surface area contributed by atoms with E-state index in [0.717, 1.165) is 19.3 Å². The predicted molar refractivity (Wildman–Crippen MR) is 64.8 cm³/mol. The number of esters is 1. The van der Waals surface area contributed by atoms with E-state index in [-0.39, 0.29) is 13.0 Å². The number of carbonyl (C=O) groups excluding carboxylic acids is 1. The number of carbonyl (C=O) groups is 1. The monoisotopic (exact) mass is 285 g/mol. The molecule has 16 heavy (non-hydrogen) atoms. The first-order chi connectivity index (χ1) is 7.44. The van der Waals surface area contributed by atoms with Crippen molar-refractivity contribution in [2.45, 2.75) is 42.3 Å². The van der Waals surface area contributed by atoms with Crippen molar-refractivity contribution in [2.75, 3.05) is 6.61 Å². The van der Waals surface area contributed by atoms with Crippen LogP contribution in [0.5, 0.6) is 0 Å². The third kappa shape index (κ3) is 6.42. The first kappa shape index (κ1) is 15.8. The zero-order valence-corrected chi connectivity index (χ0v) is 11.3. The van der Waals surface area contributed by atoms with Crippen LogP contribution in [0.2, 0.25) is 0 Å². The molecule has 0 heterocycles. The van der Waals surface area contributed by atoms with Crippen LogP contribution >= 0.6 is 34.8 Å². The molecule has 6 heteroatoms. The fraction of sp³-hybridized carbons (Fsp3) is 0.800. The minimum atomic E-state index is -1.74. The van der Waals surface area contributed by atoms with E-state index >= 15 is 0 Å². The van der Waals surface area contributed by atoms with Gasteiger partial charge >= 0.3 is 5.97 Å². The molecule has 0 radical (unpaired) electrons. The molecule has 1 atom stereocenters. The van der Waals surface area contributed by atoms with E-state index < -0.39 is 15.7 Å². The van der Waals surface area contributed by atoms with Crippen molar-refractivity contribution >= 4 is 40.8 Å². The Balaban J connectivity index is 4.00. The topological polar surface area (TPSA) is 50.1 Å². The number of hydrogen-bond donors (Lipinski definition) is 0. The fourth-order valence-electron chi connectivity index (χ4n) is 0.977. The molecule has 0 spiro atoms. The predicted octanol–water partition coefficient (Wildman–Crippen LogP) is 3.41. The summed E-state index contributed by atoms with van der Waals surface area (Å²) in [4.78, 5) is 11.4. The minimum Gasteiger partial charge on any atom is -0.463 e. The number of nitriles is 1. The Kier molecular flexibility index (Phi) is 7.91. The first-order valence-electron chi connectivity index (χ1n) is 5.02. The minimum absolute atomic E-state index is 0.152. The number of nitrogens with zero attached hydrogens (tertiary/aromatic N) is 1. The number of alkyl halides is 3. The van der Waals surface area contributed by atoms with E-state index in [1.165, 1.54) is 0 Å². The van der Waals surface area contributed by atoms with Crippen molar-refractivity contribution in [2.24, 2.45) is 0 Å². The second kappa shape index (κ2) is 8.00. The molecule has 3 nitrogen and oxygen atoms in total. The Hall–Kier alpha value is -0.170. The molecule has 0 fully saturated rings. The summed E-state index contributed by atoms with van der Waals surface area (Å²) in [6, 6.07) is 1.74. The molecule has 0 rings (SSSR count). The van der Waals surface area contributed by atoms with Gasteiger partial charge in [0.05, 0.1) is 12.7 Å². The molecule has 0 aromatic carbocycles. The number of hydrogen-bond acceptors (Lipinski definition) is 3. The smallest absolute Gasteiger partial charge is 0.342 e. The average molecular weight is 287 g/mol. The van der Waals surface area contributed by atoms with Gasteiger partial charge in [-0.25, -0.2) is 4.79 Å². The maximum atomic E-state index is 11.4. The Morgan fingerprint density at radius 3 is 2.62 bits per heavy atom. The summed E-state index contributed by atoms with van der Waals surface area (Å²) >= 11 is 17.0. The fourth-order valence-corrected chi connectivity index (χ4v) is 1.78. The van der Waals surface area contributed by atoms with E-state index in [2.05, 4.69) is 0 Å². The standard InChI is InChI=1S/C10H14Cl3NO2/c1-2-3-4-5-16-9(15)10(12,13)6-8(11)7-14/h8H,2-6H2,1H3. The summed E-state index contributed by atoms with van der Waals surface area (Å²) in [6.45, 7) is 2.33. The summed E-state index contributed by atoms with van der Waals surface area (Å²) < 4.78 is 3.14. The van der Waals surface area contributed by atoms with Crippen LogP contribution < -0.4 is 0 Å². The van der Waals surface area contributed by atoms with Crippen LogP contribution in [0.4, 0.5) is 0 Å². The summed E-state index contributed by atoms with van der Waals surface area (Å²) in [6.07, 6.45) is 2.62. The molecule has 0 bridgehead atoms. The quantitative estimate of drug-likeness (QED) is 0.409. The molecule has 0 aliphatic rings. The van der Waals surface area contributed by atoms with Gasteiger partial charge in [0.15, 0.2) is 0 Å². The SMILES string of the molecule is CCCCCOC(=O)C(Cl)(Cl)CC(Cl)C#N. The number of rotatable bonds is 7. The molecule has 92 valence electrons. The Morgan fingerprint density at radius 2 is 2.12 bits per heavy atom. The van der Waals surface area contributed by atoms with Gasteiger partial charge in [-0.3, -0.25) is 0 Å². The molecule has 0 aromatic heterocycles. The van der Waals surface area contributed by atoms with Gasteiger partial charge < -0.3 is 4.74 Å². The normalized spacial score (nSPS) is 12.9. The van der Waals surface area contributed by atoms with Gasteiger partial charge in [-0.15, -0.1) is 11.6 Å². The molecule has 0 aliphatic heterocycles. The van der Waals surface area contributed by atoms with E-state index in [1.54, 1.807) is 6.07 Å². The lowest BCUT2D eigenvalue weighted by molar-refractivity contribution is -0.144. The molecule has 1 unspecified atom stereocenters. The number of unbranched alkanes of at least 4 members (excludes halogenated alkanes) is 2. The van der Waals surface area contributed by atoms with Gasteiger partial charge in [-0.2, -0.15) is 5.26 Å². The lowest BCUT2D eigenvalue weighted by Gasteiger charge is -2.18. The average Bonchev–Trinajstić information content (AvgIpc) is 2.23. The molecular weight excluding hydrogens is 272 g/mol. The van der Waals surface area contributed by atoms with Crippen LogP contribution in [0.1, 0.15) is 32.6 Å². The number of ether oxygens (including phenoxy) is 1. The van der Waals surface area contributed by atoms with Crippen LogP contribution in [0.15, 0.2) is 0 Å². The van der Waals surface area contributed by atoms with Gasteiger partial charge in [-0.05, 0) is 6.42 Å². The molecule has 0 aromatic rings. The zero-order valence-electron chi connectivity index (χ0n) is 9.01. The van der Waals surface area contributed by atoms with E-state index in [1.807, 2.05) is 6.92 Å². The van der Waals surface area contributed by atoms with Gasteiger partial charge in [0, 0.05) is 6.42 Å². The lowest BCUT2D eigenvalue weighted by atomic mass is 10.2. The molecule has 0 N–H and O–H groups in total. The van der Waals surface area contributed by atoms with Crippen LogP contribution in [-0.2, 0) is 9.53 Å². The maximum absolute atomic E-state index is 11.4. The highest BCUT2D eigenvalue weighted by Gasteiger charge is 2.37. The van der Waals surface area contributed by atoms with Gasteiger partial charge in [0.25, 0.3) is 0 Å². The second-order valence-electron chi connectivity index (χ2n) is 3.35. The van der Waals surface area contributed by atoms with Crippen LogP contribution in [-0.4, -0.2) is 22.3 Å². The third-order valence-electron chi connectivity index (χ3n) is 1.86. The molecule has 0 aliphatic carbocycles. The van der Waals surface area contributed by atoms with E-state index in [0.29, 0.717) is 0 Å². The largest absolute Gasteiger partial charge is 0.463 e. The molecule has 0 saturated heterocycles. The second-order valence-corrected chi connectivity index (χ2v) is 5.36. The highest BCUT2D eigenvalue weighted by molar-refractivity contribution is 6.57. The summed E-state index contributed by atoms with van der Waals surface area (Å²) in [5.41, 5.74) is 0. The van der Waals surface area contributed by atoms with E-state index in [4.69, 9.17) is 44.8 Å². The molecular formula is C10H14Cl3NO2. The molecule has 0 amide bonds. The summed E-state index contributed by atoms with van der Waals surface area (Å²) in [5.74, 6) is -0.743. The van der Waals surface area contributed by atoms with Crippen molar-refractivity contribution < 1.29 is 9.53 Å². The highest BCUT2D eigenvalue weighted by atomic mass is 35.5. The van der Waals surface area contributed by atoms with Gasteiger partial charge in [0.2, 0.25) is 4.33 Å². The number of halogens is 3. The van der Waals surface area contributed by atoms with Crippen molar-refractivity contribution in [3.8, 4) is 6.07 Å². The first-order valence-corrected chi connectivity index (χ1v) is 6.22.